The third kappa shape index (κ3) is 3.33. The second-order valence-electron chi connectivity index (χ2n) is 4.37. The monoisotopic (exact) mass is 280 g/mol. The number of hydrogen-bond donors (Lipinski definition) is 1. The molecule has 4 heteroatoms. The van der Waals surface area contributed by atoms with Crippen LogP contribution in [0.15, 0.2) is 46.2 Å². The molecule has 0 heterocycles. The SMILES string of the molecule is Cc1cc(Sc2cccc(F)c2)c(C(C)O)cc1F. The quantitative estimate of drug-likeness (QED) is 0.894. The van der Waals surface area contributed by atoms with Crippen LogP contribution in [0.1, 0.15) is 24.2 Å². The first-order valence-electron chi connectivity index (χ1n) is 5.89. The topological polar surface area (TPSA) is 20.2 Å². The fourth-order valence-electron chi connectivity index (χ4n) is 1.74. The van der Waals surface area contributed by atoms with E-state index in [2.05, 4.69) is 0 Å². The highest BCUT2D eigenvalue weighted by molar-refractivity contribution is 7.99. The van der Waals surface area contributed by atoms with Gasteiger partial charge in [-0.3, -0.25) is 0 Å². The van der Waals surface area contributed by atoms with Crippen LogP contribution in [0.2, 0.25) is 0 Å². The molecule has 1 N–H and O–H groups in total. The summed E-state index contributed by atoms with van der Waals surface area (Å²) < 4.78 is 26.7. The minimum Gasteiger partial charge on any atom is -0.389 e. The molecular formula is C15H14F2OS. The van der Waals surface area contributed by atoms with Crippen molar-refractivity contribution >= 4 is 11.8 Å². The molecule has 2 aromatic rings. The number of aryl methyl sites for hydroxylation is 1. The van der Waals surface area contributed by atoms with Crippen molar-refractivity contribution in [1.29, 1.82) is 0 Å². The van der Waals surface area contributed by atoms with Crippen molar-refractivity contribution in [3.63, 3.8) is 0 Å². The van der Waals surface area contributed by atoms with E-state index in [-0.39, 0.29) is 11.6 Å². The average molecular weight is 280 g/mol. The molecule has 0 aliphatic carbocycles. The molecule has 0 aliphatic rings. The highest BCUT2D eigenvalue weighted by atomic mass is 32.2. The minimum absolute atomic E-state index is 0.317. The van der Waals surface area contributed by atoms with E-state index in [1.165, 1.54) is 30.0 Å². The van der Waals surface area contributed by atoms with E-state index in [0.29, 0.717) is 16.0 Å². The lowest BCUT2D eigenvalue weighted by molar-refractivity contribution is 0.196. The molecule has 1 atom stereocenters. The predicted octanol–water partition coefficient (Wildman–Crippen LogP) is 4.48. The summed E-state index contributed by atoms with van der Waals surface area (Å²) in [5.74, 6) is -0.665. The molecule has 1 unspecified atom stereocenters. The number of rotatable bonds is 3. The largest absolute Gasteiger partial charge is 0.389 e. The molecule has 0 saturated carbocycles. The summed E-state index contributed by atoms with van der Waals surface area (Å²) in [6.07, 6.45) is -0.772. The van der Waals surface area contributed by atoms with Crippen molar-refractivity contribution in [2.75, 3.05) is 0 Å². The van der Waals surface area contributed by atoms with Crippen molar-refractivity contribution in [2.24, 2.45) is 0 Å². The molecule has 2 aromatic carbocycles. The summed E-state index contributed by atoms with van der Waals surface area (Å²) in [6.45, 7) is 3.25. The van der Waals surface area contributed by atoms with Crippen LogP contribution >= 0.6 is 11.8 Å². The fourth-order valence-corrected chi connectivity index (χ4v) is 2.90. The average Bonchev–Trinajstić information content (AvgIpc) is 2.33. The summed E-state index contributed by atoms with van der Waals surface area (Å²) in [7, 11) is 0. The number of hydrogen-bond acceptors (Lipinski definition) is 2. The Morgan fingerprint density at radius 3 is 2.53 bits per heavy atom. The van der Waals surface area contributed by atoms with Gasteiger partial charge < -0.3 is 5.11 Å². The van der Waals surface area contributed by atoms with Gasteiger partial charge in [0, 0.05) is 9.79 Å². The fraction of sp³-hybridized carbons (Fsp3) is 0.200. The lowest BCUT2D eigenvalue weighted by Gasteiger charge is -2.13. The summed E-state index contributed by atoms with van der Waals surface area (Å²) in [4.78, 5) is 1.45. The Kier molecular flexibility index (Phi) is 4.22. The highest BCUT2D eigenvalue weighted by Crippen LogP contribution is 2.35. The smallest absolute Gasteiger partial charge is 0.126 e. The summed E-state index contributed by atoms with van der Waals surface area (Å²) >= 11 is 1.31. The Labute approximate surface area is 115 Å². The molecule has 0 bridgehead atoms. The van der Waals surface area contributed by atoms with Gasteiger partial charge in [-0.1, -0.05) is 17.8 Å². The lowest BCUT2D eigenvalue weighted by atomic mass is 10.1. The highest BCUT2D eigenvalue weighted by Gasteiger charge is 2.13. The van der Waals surface area contributed by atoms with E-state index >= 15 is 0 Å². The van der Waals surface area contributed by atoms with Crippen molar-refractivity contribution in [3.8, 4) is 0 Å². The number of halogens is 2. The minimum atomic E-state index is -0.772. The summed E-state index contributed by atoms with van der Waals surface area (Å²) in [5, 5.41) is 9.70. The molecule has 0 aliphatic heterocycles. The van der Waals surface area contributed by atoms with Gasteiger partial charge in [0.2, 0.25) is 0 Å². The predicted molar refractivity (Wildman–Crippen MR) is 72.3 cm³/mol. The van der Waals surface area contributed by atoms with E-state index in [9.17, 15) is 13.9 Å². The van der Waals surface area contributed by atoms with Gasteiger partial charge in [0.25, 0.3) is 0 Å². The van der Waals surface area contributed by atoms with E-state index in [0.717, 1.165) is 4.90 Å². The molecule has 0 spiro atoms. The second-order valence-corrected chi connectivity index (χ2v) is 5.49. The Bertz CT molecular complexity index is 597. The van der Waals surface area contributed by atoms with Gasteiger partial charge >= 0.3 is 0 Å². The zero-order chi connectivity index (χ0) is 14.0. The van der Waals surface area contributed by atoms with Gasteiger partial charge in [-0.25, -0.2) is 8.78 Å². The van der Waals surface area contributed by atoms with Crippen molar-refractivity contribution in [1.82, 2.24) is 0 Å². The van der Waals surface area contributed by atoms with E-state index in [1.54, 1.807) is 32.0 Å². The molecule has 0 amide bonds. The molecule has 0 radical (unpaired) electrons. The third-order valence-electron chi connectivity index (χ3n) is 2.77. The van der Waals surface area contributed by atoms with E-state index in [1.807, 2.05) is 0 Å². The number of aliphatic hydroxyl groups excluding tert-OH is 1. The first-order valence-corrected chi connectivity index (χ1v) is 6.70. The Balaban J connectivity index is 2.41. The first-order chi connectivity index (χ1) is 8.97. The van der Waals surface area contributed by atoms with Gasteiger partial charge in [0.1, 0.15) is 11.6 Å². The Morgan fingerprint density at radius 2 is 1.89 bits per heavy atom. The maximum absolute atomic E-state index is 13.5. The molecule has 0 fully saturated rings. The Hall–Kier alpha value is -1.39. The van der Waals surface area contributed by atoms with Gasteiger partial charge in [-0.2, -0.15) is 0 Å². The van der Waals surface area contributed by atoms with E-state index in [4.69, 9.17) is 0 Å². The molecule has 19 heavy (non-hydrogen) atoms. The van der Waals surface area contributed by atoms with E-state index < -0.39 is 6.10 Å². The van der Waals surface area contributed by atoms with Gasteiger partial charge in [-0.15, -0.1) is 0 Å². The van der Waals surface area contributed by atoms with Crippen LogP contribution in [0.25, 0.3) is 0 Å². The molecule has 0 aromatic heterocycles. The Morgan fingerprint density at radius 1 is 1.16 bits per heavy atom. The van der Waals surface area contributed by atoms with Gasteiger partial charge in [0.15, 0.2) is 0 Å². The van der Waals surface area contributed by atoms with Crippen molar-refractivity contribution in [3.05, 3.63) is 59.2 Å². The first kappa shape index (κ1) is 14.0. The third-order valence-corrected chi connectivity index (χ3v) is 3.83. The van der Waals surface area contributed by atoms with Crippen LogP contribution in [0.4, 0.5) is 8.78 Å². The summed E-state index contributed by atoms with van der Waals surface area (Å²) in [6, 6.07) is 9.19. The van der Waals surface area contributed by atoms with Crippen LogP contribution in [0.3, 0.4) is 0 Å². The van der Waals surface area contributed by atoms with Crippen LogP contribution < -0.4 is 0 Å². The van der Waals surface area contributed by atoms with Gasteiger partial charge in [-0.05, 0) is 55.3 Å². The van der Waals surface area contributed by atoms with Crippen LogP contribution in [0, 0.1) is 18.6 Å². The maximum atomic E-state index is 13.5. The maximum Gasteiger partial charge on any atom is 0.126 e. The second kappa shape index (κ2) is 5.72. The molecule has 1 nitrogen and oxygen atoms in total. The zero-order valence-corrected chi connectivity index (χ0v) is 11.5. The van der Waals surface area contributed by atoms with Gasteiger partial charge in [0.05, 0.1) is 6.10 Å². The van der Waals surface area contributed by atoms with Crippen molar-refractivity contribution in [2.45, 2.75) is 29.7 Å². The van der Waals surface area contributed by atoms with Crippen LogP contribution in [-0.2, 0) is 0 Å². The molecule has 0 saturated heterocycles. The molecule has 2 rings (SSSR count). The normalized spacial score (nSPS) is 12.5. The molecular weight excluding hydrogens is 266 g/mol. The zero-order valence-electron chi connectivity index (χ0n) is 10.7. The van der Waals surface area contributed by atoms with Crippen molar-refractivity contribution < 1.29 is 13.9 Å². The molecule has 100 valence electrons. The summed E-state index contributed by atoms with van der Waals surface area (Å²) in [5.41, 5.74) is 1.01. The van der Waals surface area contributed by atoms with Crippen LogP contribution in [0.5, 0.6) is 0 Å². The lowest BCUT2D eigenvalue weighted by Crippen LogP contribution is -1.97. The van der Waals surface area contributed by atoms with Crippen LogP contribution in [-0.4, -0.2) is 5.11 Å². The standard InChI is InChI=1S/C15H14F2OS/c1-9-6-15(13(10(2)18)8-14(9)17)19-12-5-3-4-11(16)7-12/h3-8,10,18H,1-2H3. The number of benzene rings is 2. The number of aliphatic hydroxyl groups is 1.